The van der Waals surface area contributed by atoms with Crippen LogP contribution in [-0.2, 0) is 6.42 Å². The highest BCUT2D eigenvalue weighted by Gasteiger charge is 2.20. The van der Waals surface area contributed by atoms with Gasteiger partial charge in [-0.3, -0.25) is 0 Å². The lowest BCUT2D eigenvalue weighted by molar-refractivity contribution is 1.00. The number of thioether (sulfide) groups is 1. The first-order chi connectivity index (χ1) is 10.1. The number of pyridine rings is 1. The Morgan fingerprint density at radius 2 is 1.76 bits per heavy atom. The maximum absolute atomic E-state index is 4.44. The van der Waals surface area contributed by atoms with Crippen LogP contribution in [0, 0.1) is 0 Å². The first-order valence-electron chi connectivity index (χ1n) is 7.39. The molecule has 0 unspecified atom stereocenters. The molecular weight excluding hydrogens is 290 g/mol. The Labute approximate surface area is 133 Å². The molecule has 0 radical (unpaired) electrons. The van der Waals surface area contributed by atoms with Crippen LogP contribution in [0.4, 0.5) is 0 Å². The van der Waals surface area contributed by atoms with Crippen molar-refractivity contribution in [3.8, 4) is 0 Å². The second kappa shape index (κ2) is 7.62. The van der Waals surface area contributed by atoms with E-state index in [1.165, 1.54) is 10.1 Å². The fourth-order valence-corrected chi connectivity index (χ4v) is 5.02. The van der Waals surface area contributed by atoms with Crippen LogP contribution in [0.1, 0.15) is 12.0 Å². The van der Waals surface area contributed by atoms with E-state index in [0.29, 0.717) is 0 Å². The Morgan fingerprint density at radius 3 is 2.38 bits per heavy atom. The number of rotatable bonds is 6. The fourth-order valence-electron chi connectivity index (χ4n) is 2.04. The van der Waals surface area contributed by atoms with E-state index in [1.807, 2.05) is 24.0 Å². The van der Waals surface area contributed by atoms with E-state index in [0.717, 1.165) is 17.9 Å². The van der Waals surface area contributed by atoms with Gasteiger partial charge in [0.05, 0.1) is 13.1 Å². The summed E-state index contributed by atoms with van der Waals surface area (Å²) in [5, 5.41) is 1.10. The number of aromatic nitrogens is 1. The summed E-state index contributed by atoms with van der Waals surface area (Å²) in [7, 11) is -1.32. The maximum atomic E-state index is 4.44. The lowest BCUT2D eigenvalue weighted by Gasteiger charge is -2.20. The SMILES string of the molecule is C[Si](C)(C)/C(=C/CCc1ccccc1)Sc1ccccn1. The first kappa shape index (κ1) is 16.1. The number of hydrogen-bond donors (Lipinski definition) is 0. The molecule has 21 heavy (non-hydrogen) atoms. The van der Waals surface area contributed by atoms with Gasteiger partial charge in [-0.15, -0.1) is 0 Å². The quantitative estimate of drug-likeness (QED) is 0.511. The van der Waals surface area contributed by atoms with Crippen molar-refractivity contribution in [1.29, 1.82) is 0 Å². The van der Waals surface area contributed by atoms with Gasteiger partial charge in [0.25, 0.3) is 0 Å². The summed E-state index contributed by atoms with van der Waals surface area (Å²) in [6.45, 7) is 7.20. The Bertz CT molecular complexity index is 573. The van der Waals surface area contributed by atoms with Crippen LogP contribution in [0.2, 0.25) is 19.6 Å². The molecule has 1 aromatic heterocycles. The van der Waals surface area contributed by atoms with Gasteiger partial charge in [-0.25, -0.2) is 4.98 Å². The van der Waals surface area contributed by atoms with E-state index in [1.54, 1.807) is 0 Å². The molecule has 1 aromatic carbocycles. The summed E-state index contributed by atoms with van der Waals surface area (Å²) in [6, 6.07) is 16.8. The molecule has 0 saturated heterocycles. The zero-order valence-electron chi connectivity index (χ0n) is 13.0. The lowest BCUT2D eigenvalue weighted by atomic mass is 10.1. The molecule has 0 N–H and O–H groups in total. The van der Waals surface area contributed by atoms with Crippen LogP contribution in [0.5, 0.6) is 0 Å². The summed E-state index contributed by atoms with van der Waals surface area (Å²) in [5.41, 5.74) is 1.41. The van der Waals surface area contributed by atoms with Gasteiger partial charge >= 0.3 is 0 Å². The van der Waals surface area contributed by atoms with Crippen molar-refractivity contribution in [2.75, 3.05) is 0 Å². The number of aryl methyl sites for hydroxylation is 1. The van der Waals surface area contributed by atoms with Gasteiger partial charge in [0.1, 0.15) is 0 Å². The van der Waals surface area contributed by atoms with Crippen molar-refractivity contribution < 1.29 is 0 Å². The van der Waals surface area contributed by atoms with Gasteiger partial charge in [-0.1, -0.05) is 73.9 Å². The monoisotopic (exact) mass is 313 g/mol. The smallest absolute Gasteiger partial charge is 0.1000 e. The van der Waals surface area contributed by atoms with E-state index in [9.17, 15) is 0 Å². The second-order valence-electron chi connectivity index (χ2n) is 6.11. The van der Waals surface area contributed by atoms with Crippen LogP contribution in [-0.4, -0.2) is 13.1 Å². The highest BCUT2D eigenvalue weighted by Crippen LogP contribution is 2.32. The van der Waals surface area contributed by atoms with Gasteiger partial charge in [-0.2, -0.15) is 0 Å². The maximum Gasteiger partial charge on any atom is 0.1000 e. The van der Waals surface area contributed by atoms with E-state index in [4.69, 9.17) is 0 Å². The molecule has 0 atom stereocenters. The van der Waals surface area contributed by atoms with E-state index in [2.05, 4.69) is 73.2 Å². The van der Waals surface area contributed by atoms with Gasteiger partial charge < -0.3 is 0 Å². The van der Waals surface area contributed by atoms with Crippen LogP contribution < -0.4 is 0 Å². The van der Waals surface area contributed by atoms with Crippen molar-refractivity contribution in [3.05, 3.63) is 70.9 Å². The third kappa shape index (κ3) is 5.52. The first-order valence-corrected chi connectivity index (χ1v) is 11.7. The van der Waals surface area contributed by atoms with Crippen molar-refractivity contribution >= 4 is 19.8 Å². The summed E-state index contributed by atoms with van der Waals surface area (Å²) < 4.78 is 1.53. The van der Waals surface area contributed by atoms with Crippen LogP contribution >= 0.6 is 11.8 Å². The van der Waals surface area contributed by atoms with Crippen molar-refractivity contribution in [2.45, 2.75) is 37.5 Å². The van der Waals surface area contributed by atoms with Crippen LogP contribution in [0.25, 0.3) is 0 Å². The van der Waals surface area contributed by atoms with E-state index in [-0.39, 0.29) is 0 Å². The molecule has 2 aromatic rings. The predicted molar refractivity (Wildman–Crippen MR) is 96.3 cm³/mol. The van der Waals surface area contributed by atoms with E-state index < -0.39 is 8.07 Å². The summed E-state index contributed by atoms with van der Waals surface area (Å²) >= 11 is 1.84. The van der Waals surface area contributed by atoms with Crippen LogP contribution in [0.3, 0.4) is 0 Å². The minimum Gasteiger partial charge on any atom is -0.250 e. The average molecular weight is 314 g/mol. The zero-order valence-corrected chi connectivity index (χ0v) is 14.9. The molecule has 2 rings (SSSR count). The Hall–Kier alpha value is -1.32. The highest BCUT2D eigenvalue weighted by molar-refractivity contribution is 8.05. The Balaban J connectivity index is 2.04. The summed E-state index contributed by atoms with van der Waals surface area (Å²) in [6.07, 6.45) is 6.51. The average Bonchev–Trinajstić information content (AvgIpc) is 2.47. The Kier molecular flexibility index (Phi) is 5.82. The predicted octanol–water partition coefficient (Wildman–Crippen LogP) is 5.57. The van der Waals surface area contributed by atoms with Gasteiger partial charge in [0, 0.05) is 6.20 Å². The minimum atomic E-state index is -1.32. The number of hydrogen-bond acceptors (Lipinski definition) is 2. The largest absolute Gasteiger partial charge is 0.250 e. The second-order valence-corrected chi connectivity index (χ2v) is 12.6. The number of allylic oxidation sites excluding steroid dienone is 1. The molecule has 0 saturated carbocycles. The zero-order chi connectivity index (χ0) is 15.1. The fraction of sp³-hybridized carbons (Fsp3) is 0.278. The minimum absolute atomic E-state index is 1.10. The standard InChI is InChI=1S/C18H23NSSi/c1-21(2,3)18(20-17-13-7-8-15-19-17)14-9-12-16-10-5-4-6-11-16/h4-8,10-11,13-15H,9,12H2,1-3H3/b18-14+. The summed E-state index contributed by atoms with van der Waals surface area (Å²) in [4.78, 5) is 4.44. The molecule has 110 valence electrons. The van der Waals surface area contributed by atoms with Crippen molar-refractivity contribution in [2.24, 2.45) is 0 Å². The molecule has 0 fully saturated rings. The topological polar surface area (TPSA) is 12.9 Å². The van der Waals surface area contributed by atoms with Crippen molar-refractivity contribution in [1.82, 2.24) is 4.98 Å². The Morgan fingerprint density at radius 1 is 1.05 bits per heavy atom. The molecule has 0 spiro atoms. The third-order valence-electron chi connectivity index (χ3n) is 3.20. The van der Waals surface area contributed by atoms with Crippen LogP contribution in [0.15, 0.2) is 70.4 Å². The third-order valence-corrected chi connectivity index (χ3v) is 7.86. The molecule has 3 heteroatoms. The number of benzene rings is 1. The summed E-state index contributed by atoms with van der Waals surface area (Å²) in [5.74, 6) is 0. The normalized spacial score (nSPS) is 12.4. The molecule has 0 aliphatic rings. The molecule has 1 nitrogen and oxygen atoms in total. The van der Waals surface area contributed by atoms with Gasteiger partial charge in [0.15, 0.2) is 0 Å². The molecule has 0 amide bonds. The van der Waals surface area contributed by atoms with Gasteiger partial charge in [-0.05, 0) is 35.1 Å². The van der Waals surface area contributed by atoms with Crippen molar-refractivity contribution in [3.63, 3.8) is 0 Å². The lowest BCUT2D eigenvalue weighted by Crippen LogP contribution is -2.22. The molecular formula is C18H23NSSi. The molecule has 0 aliphatic carbocycles. The number of nitrogens with zero attached hydrogens (tertiary/aromatic N) is 1. The highest BCUT2D eigenvalue weighted by atomic mass is 32.2. The van der Waals surface area contributed by atoms with Gasteiger partial charge in [0.2, 0.25) is 0 Å². The molecule has 1 heterocycles. The molecule has 0 aliphatic heterocycles. The van der Waals surface area contributed by atoms with E-state index >= 15 is 0 Å². The molecule has 0 bridgehead atoms.